The average molecular weight is 354 g/mol. The number of hydrogen-bond acceptors (Lipinski definition) is 5. The first kappa shape index (κ1) is 18.2. The zero-order valence-corrected chi connectivity index (χ0v) is 15.0. The first-order chi connectivity index (χ1) is 12.8. The van der Waals surface area contributed by atoms with Gasteiger partial charge in [-0.15, -0.1) is 0 Å². The molecule has 6 nitrogen and oxygen atoms in total. The van der Waals surface area contributed by atoms with Gasteiger partial charge in [-0.25, -0.2) is 0 Å². The van der Waals surface area contributed by atoms with E-state index in [2.05, 4.69) is 34.0 Å². The fraction of sp³-hybridized carbons (Fsp3) is 0.450. The van der Waals surface area contributed by atoms with Crippen molar-refractivity contribution in [1.82, 2.24) is 10.3 Å². The average Bonchev–Trinajstić information content (AvgIpc) is 2.66. The monoisotopic (exact) mass is 354 g/mol. The number of pyridine rings is 1. The van der Waals surface area contributed by atoms with Gasteiger partial charge in [-0.3, -0.25) is 9.78 Å². The number of unbranched alkanes of at least 4 members (excludes halogenated alkanes) is 2. The number of nitrogens with zero attached hydrogens (tertiary/aromatic N) is 2. The number of aryl methyl sites for hydroxylation is 1. The van der Waals surface area contributed by atoms with Crippen LogP contribution in [0.5, 0.6) is 0 Å². The highest BCUT2D eigenvalue weighted by molar-refractivity contribution is 6.25. The molecule has 0 fully saturated rings. The molecule has 138 valence electrons. The summed E-state index contributed by atoms with van der Waals surface area (Å²) in [4.78, 5) is 16.0. The lowest BCUT2D eigenvalue weighted by molar-refractivity contribution is -0.114. The second-order valence-corrected chi connectivity index (χ2v) is 6.66. The van der Waals surface area contributed by atoms with Crippen LogP contribution in [0.25, 0.3) is 10.9 Å². The summed E-state index contributed by atoms with van der Waals surface area (Å²) in [6, 6.07) is 8.36. The molecule has 0 bridgehead atoms. The van der Waals surface area contributed by atoms with Crippen LogP contribution in [0.1, 0.15) is 43.4 Å². The van der Waals surface area contributed by atoms with E-state index < -0.39 is 0 Å². The normalized spacial score (nSPS) is 13.7. The van der Waals surface area contributed by atoms with Crippen molar-refractivity contribution in [3.05, 3.63) is 35.5 Å². The number of oxime groups is 1. The van der Waals surface area contributed by atoms with Gasteiger partial charge in [0.05, 0.1) is 5.52 Å². The number of amides is 1. The van der Waals surface area contributed by atoms with Crippen molar-refractivity contribution in [2.24, 2.45) is 5.16 Å². The van der Waals surface area contributed by atoms with E-state index in [1.165, 1.54) is 35.2 Å². The van der Waals surface area contributed by atoms with Crippen molar-refractivity contribution in [3.63, 3.8) is 0 Å². The molecule has 0 unspecified atom stereocenters. The van der Waals surface area contributed by atoms with Crippen LogP contribution in [0.2, 0.25) is 0 Å². The highest BCUT2D eigenvalue weighted by Crippen LogP contribution is 2.33. The zero-order valence-electron chi connectivity index (χ0n) is 15.0. The minimum atomic E-state index is -0.361. The molecule has 0 aliphatic heterocycles. The maximum absolute atomic E-state index is 11.1. The molecule has 1 aliphatic rings. The van der Waals surface area contributed by atoms with Crippen LogP contribution >= 0.6 is 0 Å². The largest absolute Gasteiger partial charge is 0.411 e. The Kier molecular flexibility index (Phi) is 6.41. The van der Waals surface area contributed by atoms with Gasteiger partial charge in [-0.05, 0) is 56.6 Å². The molecule has 6 heteroatoms. The number of benzene rings is 1. The molecule has 3 rings (SSSR count). The van der Waals surface area contributed by atoms with Crippen molar-refractivity contribution in [1.29, 1.82) is 0 Å². The van der Waals surface area contributed by atoms with Crippen molar-refractivity contribution in [3.8, 4) is 0 Å². The number of carbonyl (C=O) groups excluding carboxylic acids is 1. The molecule has 0 radical (unpaired) electrons. The Morgan fingerprint density at radius 3 is 2.85 bits per heavy atom. The summed E-state index contributed by atoms with van der Waals surface area (Å²) in [5.74, 6) is -0.361. The highest BCUT2D eigenvalue weighted by Gasteiger charge is 2.17. The standard InChI is InChI=1S/C20H26N4O2/c25-19(14-23-26)21-12-6-1-7-13-22-20-15-8-2-4-10-17(15)24-18-11-5-3-9-16(18)20/h2,4,8,10,14,26H,1,3,5-7,9,11-13H2,(H,21,25)(H,22,24)/b23-14+. The van der Waals surface area contributed by atoms with Gasteiger partial charge in [0, 0.05) is 29.9 Å². The van der Waals surface area contributed by atoms with Gasteiger partial charge < -0.3 is 15.8 Å². The van der Waals surface area contributed by atoms with Crippen LogP contribution in [-0.4, -0.2) is 35.4 Å². The van der Waals surface area contributed by atoms with Gasteiger partial charge in [0.15, 0.2) is 0 Å². The number of hydrogen-bond donors (Lipinski definition) is 3. The molecule has 1 heterocycles. The first-order valence-electron chi connectivity index (χ1n) is 9.39. The van der Waals surface area contributed by atoms with Crippen molar-refractivity contribution in [2.45, 2.75) is 44.9 Å². The summed E-state index contributed by atoms with van der Waals surface area (Å²) in [7, 11) is 0. The molecule has 1 aromatic heterocycles. The van der Waals surface area contributed by atoms with Gasteiger partial charge in [-0.1, -0.05) is 23.4 Å². The number of anilines is 1. The lowest BCUT2D eigenvalue weighted by Crippen LogP contribution is -2.25. The quantitative estimate of drug-likeness (QED) is 0.294. The molecule has 0 saturated heterocycles. The molecule has 2 aromatic rings. The Morgan fingerprint density at radius 2 is 1.96 bits per heavy atom. The van der Waals surface area contributed by atoms with Crippen molar-refractivity contribution in [2.75, 3.05) is 18.4 Å². The van der Waals surface area contributed by atoms with Crippen LogP contribution in [0, 0.1) is 0 Å². The molecule has 1 amide bonds. The minimum Gasteiger partial charge on any atom is -0.411 e. The van der Waals surface area contributed by atoms with Crippen LogP contribution in [0.4, 0.5) is 5.69 Å². The highest BCUT2D eigenvalue weighted by atomic mass is 16.4. The molecular weight excluding hydrogens is 328 g/mol. The van der Waals surface area contributed by atoms with E-state index in [-0.39, 0.29) is 5.91 Å². The Hall–Kier alpha value is -2.63. The van der Waals surface area contributed by atoms with E-state index in [1.807, 2.05) is 6.07 Å². The smallest absolute Gasteiger partial charge is 0.265 e. The van der Waals surface area contributed by atoms with Crippen LogP contribution in [0.15, 0.2) is 29.4 Å². The number of aromatic nitrogens is 1. The number of fused-ring (bicyclic) bond motifs is 2. The van der Waals surface area contributed by atoms with E-state index in [9.17, 15) is 4.79 Å². The van der Waals surface area contributed by atoms with E-state index in [0.29, 0.717) is 6.54 Å². The van der Waals surface area contributed by atoms with Gasteiger partial charge in [0.1, 0.15) is 6.21 Å². The Morgan fingerprint density at radius 1 is 1.15 bits per heavy atom. The lowest BCUT2D eigenvalue weighted by Gasteiger charge is -2.21. The second kappa shape index (κ2) is 9.17. The topological polar surface area (TPSA) is 86.6 Å². The number of nitrogens with one attached hydrogen (secondary N) is 2. The third-order valence-electron chi connectivity index (χ3n) is 4.80. The van der Waals surface area contributed by atoms with Crippen molar-refractivity contribution >= 4 is 28.7 Å². The number of rotatable bonds is 8. The maximum atomic E-state index is 11.1. The summed E-state index contributed by atoms with van der Waals surface area (Å²) in [6.07, 6.45) is 8.48. The molecule has 0 saturated carbocycles. The third-order valence-corrected chi connectivity index (χ3v) is 4.80. The summed E-state index contributed by atoms with van der Waals surface area (Å²) < 4.78 is 0. The lowest BCUT2D eigenvalue weighted by atomic mass is 9.92. The Bertz CT molecular complexity index is 789. The molecule has 0 spiro atoms. The molecule has 26 heavy (non-hydrogen) atoms. The summed E-state index contributed by atoms with van der Waals surface area (Å²) >= 11 is 0. The van der Waals surface area contributed by atoms with Gasteiger partial charge in [-0.2, -0.15) is 0 Å². The van der Waals surface area contributed by atoms with Crippen LogP contribution in [0.3, 0.4) is 0 Å². The van der Waals surface area contributed by atoms with E-state index >= 15 is 0 Å². The molecule has 3 N–H and O–H groups in total. The summed E-state index contributed by atoms with van der Waals surface area (Å²) in [6.45, 7) is 1.50. The first-order valence-corrected chi connectivity index (χ1v) is 9.39. The SMILES string of the molecule is O=C(/C=N/O)NCCCCCNc1c2c(nc3ccccc13)CCCC2. The number of para-hydroxylation sites is 1. The second-order valence-electron chi connectivity index (χ2n) is 6.66. The van der Waals surface area contributed by atoms with E-state index in [4.69, 9.17) is 10.2 Å². The molecule has 0 atom stereocenters. The number of carbonyl (C=O) groups is 1. The third kappa shape index (κ3) is 4.50. The minimum absolute atomic E-state index is 0.361. The summed E-state index contributed by atoms with van der Waals surface area (Å²) in [5, 5.41) is 18.5. The molecule has 1 aliphatic carbocycles. The predicted octanol–water partition coefficient (Wildman–Crippen LogP) is 3.27. The molecule has 1 aromatic carbocycles. The maximum Gasteiger partial charge on any atom is 0.265 e. The predicted molar refractivity (Wildman–Crippen MR) is 104 cm³/mol. The van der Waals surface area contributed by atoms with Crippen molar-refractivity contribution < 1.29 is 10.0 Å². The van der Waals surface area contributed by atoms with Gasteiger partial charge in [0.25, 0.3) is 5.91 Å². The summed E-state index contributed by atoms with van der Waals surface area (Å²) in [5.41, 5.74) is 4.98. The van der Waals surface area contributed by atoms with Gasteiger partial charge >= 0.3 is 0 Å². The van der Waals surface area contributed by atoms with E-state index in [1.54, 1.807) is 0 Å². The molecular formula is C20H26N4O2. The fourth-order valence-corrected chi connectivity index (χ4v) is 3.52. The Balaban J connectivity index is 1.55. The van der Waals surface area contributed by atoms with Crippen LogP contribution < -0.4 is 10.6 Å². The van der Waals surface area contributed by atoms with E-state index in [0.717, 1.165) is 50.4 Å². The zero-order chi connectivity index (χ0) is 18.2. The Labute approximate surface area is 153 Å². The van der Waals surface area contributed by atoms with Gasteiger partial charge in [0.2, 0.25) is 0 Å². The van der Waals surface area contributed by atoms with Crippen LogP contribution in [-0.2, 0) is 17.6 Å². The fourth-order valence-electron chi connectivity index (χ4n) is 3.52.